The predicted molar refractivity (Wildman–Crippen MR) is 78.1 cm³/mol. The lowest BCUT2D eigenvalue weighted by atomic mass is 10.3. The summed E-state index contributed by atoms with van der Waals surface area (Å²) in [5.74, 6) is 0. The highest BCUT2D eigenvalue weighted by atomic mass is 35.5. The molecule has 0 heterocycles. The van der Waals surface area contributed by atoms with Gasteiger partial charge in [0.1, 0.15) is 0 Å². The summed E-state index contributed by atoms with van der Waals surface area (Å²) in [5, 5.41) is 0.629. The maximum Gasteiger partial charge on any atom is 0.261 e. The number of nitrogens with two attached hydrogens (primary N) is 1. The van der Waals surface area contributed by atoms with Crippen molar-refractivity contribution in [1.29, 1.82) is 0 Å². The van der Waals surface area contributed by atoms with Gasteiger partial charge >= 0.3 is 0 Å². The summed E-state index contributed by atoms with van der Waals surface area (Å²) in [6.07, 6.45) is 0. The van der Waals surface area contributed by atoms with Gasteiger partial charge in [-0.2, -0.15) is 0 Å². The molecule has 2 aromatic rings. The molecule has 0 saturated heterocycles. The monoisotopic (exact) mass is 316 g/mol. The Hall–Kier alpha value is -1.43. The molecule has 0 bridgehead atoms. The Morgan fingerprint density at radius 1 is 1.05 bits per heavy atom. The summed E-state index contributed by atoms with van der Waals surface area (Å²) >= 11 is 11.6. The predicted octanol–water partition coefficient (Wildman–Crippen LogP) is 3.38. The molecule has 0 radical (unpaired) electrons. The minimum absolute atomic E-state index is 0.0340. The normalized spacial score (nSPS) is 11.3. The van der Waals surface area contributed by atoms with Crippen molar-refractivity contribution >= 4 is 44.6 Å². The Bertz CT molecular complexity index is 717. The number of nitrogen functional groups attached to an aromatic ring is 1. The lowest BCUT2D eigenvalue weighted by Crippen LogP contribution is -2.13. The van der Waals surface area contributed by atoms with Crippen LogP contribution in [0.15, 0.2) is 47.4 Å². The largest absolute Gasteiger partial charge is 0.398 e. The molecule has 3 N–H and O–H groups in total. The third-order valence-corrected chi connectivity index (χ3v) is 4.30. The van der Waals surface area contributed by atoms with E-state index >= 15 is 0 Å². The standard InChI is InChI=1S/C12H10Cl2N2O2S/c13-8-2-1-3-9(6-8)16-19(17,18)10-4-5-12(15)11(14)7-10/h1-7,16H,15H2. The zero-order valence-corrected chi connectivity index (χ0v) is 11.9. The van der Waals surface area contributed by atoms with Gasteiger partial charge in [-0.25, -0.2) is 8.42 Å². The van der Waals surface area contributed by atoms with Crippen LogP contribution < -0.4 is 10.5 Å². The van der Waals surface area contributed by atoms with Crippen LogP contribution in [0.3, 0.4) is 0 Å². The number of halogens is 2. The van der Waals surface area contributed by atoms with Gasteiger partial charge in [-0.15, -0.1) is 0 Å². The van der Waals surface area contributed by atoms with E-state index in [1.807, 2.05) is 0 Å². The van der Waals surface area contributed by atoms with Crippen LogP contribution in [0.25, 0.3) is 0 Å². The highest BCUT2D eigenvalue weighted by molar-refractivity contribution is 7.92. The van der Waals surface area contributed by atoms with E-state index in [0.717, 1.165) is 0 Å². The van der Waals surface area contributed by atoms with Gasteiger partial charge in [-0.05, 0) is 36.4 Å². The first-order valence-corrected chi connectivity index (χ1v) is 7.46. The molecule has 0 spiro atoms. The molecule has 19 heavy (non-hydrogen) atoms. The Balaban J connectivity index is 2.35. The van der Waals surface area contributed by atoms with Crippen LogP contribution in [0.2, 0.25) is 10.0 Å². The number of sulfonamides is 1. The summed E-state index contributed by atoms with van der Waals surface area (Å²) in [7, 11) is -3.72. The maximum absolute atomic E-state index is 12.1. The SMILES string of the molecule is Nc1ccc(S(=O)(=O)Nc2cccc(Cl)c2)cc1Cl. The minimum atomic E-state index is -3.72. The zero-order chi connectivity index (χ0) is 14.0. The molecule has 100 valence electrons. The van der Waals surface area contributed by atoms with E-state index < -0.39 is 10.0 Å². The van der Waals surface area contributed by atoms with E-state index in [0.29, 0.717) is 16.4 Å². The Morgan fingerprint density at radius 2 is 1.79 bits per heavy atom. The van der Waals surface area contributed by atoms with E-state index in [1.54, 1.807) is 18.2 Å². The lowest BCUT2D eigenvalue weighted by molar-refractivity contribution is 0.601. The Labute approximate surface area is 121 Å². The smallest absolute Gasteiger partial charge is 0.261 e. The van der Waals surface area contributed by atoms with Gasteiger partial charge in [-0.3, -0.25) is 4.72 Å². The minimum Gasteiger partial charge on any atom is -0.398 e. The van der Waals surface area contributed by atoms with Crippen molar-refractivity contribution in [3.63, 3.8) is 0 Å². The van der Waals surface area contributed by atoms with Gasteiger partial charge in [0.25, 0.3) is 10.0 Å². The number of anilines is 2. The maximum atomic E-state index is 12.1. The molecule has 0 saturated carbocycles. The molecular formula is C12H10Cl2N2O2S. The average molecular weight is 317 g/mol. The first-order chi connectivity index (χ1) is 8.88. The van der Waals surface area contributed by atoms with Crippen LogP contribution in [0.4, 0.5) is 11.4 Å². The second-order valence-corrected chi connectivity index (χ2v) is 6.33. The highest BCUT2D eigenvalue weighted by Gasteiger charge is 2.15. The van der Waals surface area contributed by atoms with Crippen molar-refractivity contribution in [3.8, 4) is 0 Å². The molecule has 0 fully saturated rings. The van der Waals surface area contributed by atoms with E-state index in [4.69, 9.17) is 28.9 Å². The quantitative estimate of drug-likeness (QED) is 0.853. The number of hydrogen-bond donors (Lipinski definition) is 2. The molecule has 7 heteroatoms. The second-order valence-electron chi connectivity index (χ2n) is 3.80. The van der Waals surface area contributed by atoms with Crippen LogP contribution in [0.1, 0.15) is 0 Å². The second kappa shape index (κ2) is 5.28. The van der Waals surface area contributed by atoms with Crippen molar-refractivity contribution in [2.45, 2.75) is 4.90 Å². The first-order valence-electron chi connectivity index (χ1n) is 5.22. The van der Waals surface area contributed by atoms with Gasteiger partial charge in [0.15, 0.2) is 0 Å². The number of benzene rings is 2. The number of nitrogens with one attached hydrogen (secondary N) is 1. The van der Waals surface area contributed by atoms with Crippen molar-refractivity contribution in [3.05, 3.63) is 52.5 Å². The molecule has 0 aromatic heterocycles. The summed E-state index contributed by atoms with van der Waals surface area (Å²) < 4.78 is 26.7. The fourth-order valence-electron chi connectivity index (χ4n) is 1.44. The van der Waals surface area contributed by atoms with E-state index in [9.17, 15) is 8.42 Å². The summed E-state index contributed by atoms with van der Waals surface area (Å²) in [4.78, 5) is 0.0340. The summed E-state index contributed by atoms with van der Waals surface area (Å²) in [5.41, 5.74) is 6.24. The Morgan fingerprint density at radius 3 is 2.42 bits per heavy atom. The molecule has 2 rings (SSSR count). The summed E-state index contributed by atoms with van der Waals surface area (Å²) in [6.45, 7) is 0. The van der Waals surface area contributed by atoms with Crippen LogP contribution in [-0.2, 0) is 10.0 Å². The van der Waals surface area contributed by atoms with Crippen molar-refractivity contribution in [1.82, 2.24) is 0 Å². The van der Waals surface area contributed by atoms with Crippen molar-refractivity contribution in [2.24, 2.45) is 0 Å². The first kappa shape index (κ1) is 14.0. The van der Waals surface area contributed by atoms with Crippen LogP contribution in [0.5, 0.6) is 0 Å². The summed E-state index contributed by atoms with van der Waals surface area (Å²) in [6, 6.07) is 10.5. The van der Waals surface area contributed by atoms with Crippen LogP contribution in [-0.4, -0.2) is 8.42 Å². The van der Waals surface area contributed by atoms with Gasteiger partial charge in [0.2, 0.25) is 0 Å². The fourth-order valence-corrected chi connectivity index (χ4v) is 2.95. The van der Waals surface area contributed by atoms with Crippen molar-refractivity contribution < 1.29 is 8.42 Å². The molecular weight excluding hydrogens is 307 g/mol. The zero-order valence-electron chi connectivity index (χ0n) is 9.60. The van der Waals surface area contributed by atoms with Crippen molar-refractivity contribution in [2.75, 3.05) is 10.5 Å². The molecule has 2 aromatic carbocycles. The molecule has 0 amide bonds. The van der Waals surface area contributed by atoms with Crippen LogP contribution in [0, 0.1) is 0 Å². The highest BCUT2D eigenvalue weighted by Crippen LogP contribution is 2.24. The molecule has 0 aliphatic rings. The fraction of sp³-hybridized carbons (Fsp3) is 0. The molecule has 0 atom stereocenters. The van der Waals surface area contributed by atoms with Gasteiger partial charge in [0, 0.05) is 5.02 Å². The van der Waals surface area contributed by atoms with E-state index in [1.165, 1.54) is 24.3 Å². The number of hydrogen-bond acceptors (Lipinski definition) is 3. The van der Waals surface area contributed by atoms with Crippen LogP contribution >= 0.6 is 23.2 Å². The third kappa shape index (κ3) is 3.32. The third-order valence-electron chi connectivity index (χ3n) is 2.36. The lowest BCUT2D eigenvalue weighted by Gasteiger charge is -2.09. The topological polar surface area (TPSA) is 72.2 Å². The molecule has 0 aliphatic carbocycles. The van der Waals surface area contributed by atoms with E-state index in [2.05, 4.69) is 4.72 Å². The average Bonchev–Trinajstić information content (AvgIpc) is 2.32. The van der Waals surface area contributed by atoms with Gasteiger partial charge < -0.3 is 5.73 Å². The molecule has 4 nitrogen and oxygen atoms in total. The van der Waals surface area contributed by atoms with Gasteiger partial charge in [-0.1, -0.05) is 29.3 Å². The van der Waals surface area contributed by atoms with Gasteiger partial charge in [0.05, 0.1) is 21.3 Å². The molecule has 0 unspecified atom stereocenters. The number of rotatable bonds is 3. The Kier molecular flexibility index (Phi) is 3.89. The van der Waals surface area contributed by atoms with E-state index in [-0.39, 0.29) is 9.92 Å². The molecule has 0 aliphatic heterocycles.